The van der Waals surface area contributed by atoms with E-state index in [1.165, 1.54) is 0 Å². The first-order valence-electron chi connectivity index (χ1n) is 7.19. The van der Waals surface area contributed by atoms with Crippen molar-refractivity contribution in [2.45, 2.75) is 13.5 Å². The van der Waals surface area contributed by atoms with Crippen LogP contribution in [0, 0.1) is 6.92 Å². The molecule has 0 aliphatic carbocycles. The Morgan fingerprint density at radius 2 is 2.13 bits per heavy atom. The second kappa shape index (κ2) is 5.53. The van der Waals surface area contributed by atoms with Crippen molar-refractivity contribution in [1.29, 1.82) is 0 Å². The van der Waals surface area contributed by atoms with Gasteiger partial charge in [0.05, 0.1) is 18.2 Å². The zero-order chi connectivity index (χ0) is 15.6. The van der Waals surface area contributed by atoms with E-state index in [1.807, 2.05) is 41.9 Å². The Morgan fingerprint density at radius 1 is 1.17 bits per heavy atom. The van der Waals surface area contributed by atoms with E-state index in [4.69, 9.17) is 4.42 Å². The molecule has 0 aromatic carbocycles. The highest BCUT2D eigenvalue weighted by Crippen LogP contribution is 2.18. The van der Waals surface area contributed by atoms with Crippen LogP contribution in [0.25, 0.3) is 16.9 Å². The zero-order valence-corrected chi connectivity index (χ0v) is 12.5. The average molecular weight is 306 g/mol. The molecule has 114 valence electrons. The molecule has 0 bridgehead atoms. The number of fused-ring (bicyclic) bond motifs is 1. The molecular weight excluding hydrogens is 292 g/mol. The van der Waals surface area contributed by atoms with Gasteiger partial charge < -0.3 is 9.73 Å². The van der Waals surface area contributed by atoms with Crippen LogP contribution in [0.1, 0.15) is 11.4 Å². The maximum absolute atomic E-state index is 5.07. The third kappa shape index (κ3) is 2.52. The zero-order valence-electron chi connectivity index (χ0n) is 12.5. The number of nitrogens with one attached hydrogen (secondary N) is 1. The summed E-state index contributed by atoms with van der Waals surface area (Å²) in [5.74, 6) is 1.53. The first-order chi connectivity index (χ1) is 11.3. The van der Waals surface area contributed by atoms with Crippen molar-refractivity contribution in [3.63, 3.8) is 0 Å². The fourth-order valence-electron chi connectivity index (χ4n) is 2.36. The summed E-state index contributed by atoms with van der Waals surface area (Å²) in [5.41, 5.74) is 3.62. The van der Waals surface area contributed by atoms with Crippen LogP contribution in [0.2, 0.25) is 0 Å². The minimum atomic E-state index is 0.608. The number of aromatic nitrogens is 5. The summed E-state index contributed by atoms with van der Waals surface area (Å²) in [6.07, 6.45) is 8.73. The minimum Gasteiger partial charge on any atom is -0.472 e. The molecule has 0 aliphatic rings. The van der Waals surface area contributed by atoms with Crippen LogP contribution in [-0.2, 0) is 6.54 Å². The summed E-state index contributed by atoms with van der Waals surface area (Å²) in [7, 11) is 0. The van der Waals surface area contributed by atoms with Gasteiger partial charge in [0.25, 0.3) is 0 Å². The molecule has 7 heteroatoms. The van der Waals surface area contributed by atoms with Crippen molar-refractivity contribution in [3.05, 3.63) is 60.7 Å². The van der Waals surface area contributed by atoms with Crippen LogP contribution in [0.3, 0.4) is 0 Å². The van der Waals surface area contributed by atoms with E-state index in [-0.39, 0.29) is 0 Å². The van der Waals surface area contributed by atoms with Crippen molar-refractivity contribution in [2.75, 3.05) is 5.32 Å². The molecule has 0 spiro atoms. The van der Waals surface area contributed by atoms with E-state index in [0.717, 1.165) is 22.6 Å². The largest absolute Gasteiger partial charge is 0.472 e. The molecule has 0 saturated heterocycles. The summed E-state index contributed by atoms with van der Waals surface area (Å²) in [4.78, 5) is 8.77. The summed E-state index contributed by atoms with van der Waals surface area (Å²) < 4.78 is 6.97. The summed E-state index contributed by atoms with van der Waals surface area (Å²) in [6, 6.07) is 5.88. The maximum atomic E-state index is 5.07. The van der Waals surface area contributed by atoms with Crippen LogP contribution < -0.4 is 5.32 Å². The fraction of sp³-hybridized carbons (Fsp3) is 0.125. The standard InChI is InChI=1S/C16H14N6O/c1-11-20-21-16-15(17-5-6-22(11)16)19-9-12-2-3-14(18-8-12)13-4-7-23-10-13/h2-8,10H,9H2,1H3,(H,17,19). The topological polar surface area (TPSA) is 81.1 Å². The lowest BCUT2D eigenvalue weighted by Gasteiger charge is -2.07. The molecule has 0 amide bonds. The van der Waals surface area contributed by atoms with Crippen LogP contribution >= 0.6 is 0 Å². The van der Waals surface area contributed by atoms with Crippen molar-refractivity contribution in [2.24, 2.45) is 0 Å². The van der Waals surface area contributed by atoms with Crippen LogP contribution in [0.4, 0.5) is 5.82 Å². The van der Waals surface area contributed by atoms with Gasteiger partial charge in [-0.1, -0.05) is 6.07 Å². The number of hydrogen-bond acceptors (Lipinski definition) is 6. The minimum absolute atomic E-state index is 0.608. The van der Waals surface area contributed by atoms with Gasteiger partial charge in [0, 0.05) is 30.7 Å². The molecule has 0 radical (unpaired) electrons. The number of anilines is 1. The molecule has 7 nitrogen and oxygen atoms in total. The van der Waals surface area contributed by atoms with Gasteiger partial charge in [-0.2, -0.15) is 0 Å². The summed E-state index contributed by atoms with van der Waals surface area (Å²) in [6.45, 7) is 2.51. The molecule has 0 atom stereocenters. The molecule has 0 unspecified atom stereocenters. The molecule has 1 N–H and O–H groups in total. The second-order valence-corrected chi connectivity index (χ2v) is 5.13. The van der Waals surface area contributed by atoms with E-state index < -0.39 is 0 Å². The van der Waals surface area contributed by atoms with Crippen molar-refractivity contribution >= 4 is 11.5 Å². The van der Waals surface area contributed by atoms with Crippen molar-refractivity contribution < 1.29 is 4.42 Å². The van der Waals surface area contributed by atoms with Crippen LogP contribution in [0.15, 0.2) is 53.7 Å². The average Bonchev–Trinajstić information content (AvgIpc) is 3.24. The highest BCUT2D eigenvalue weighted by molar-refractivity contribution is 5.62. The van der Waals surface area contributed by atoms with Gasteiger partial charge in [-0.05, 0) is 24.6 Å². The Balaban J connectivity index is 1.52. The predicted octanol–water partition coefficient (Wildman–Crippen LogP) is 2.70. The van der Waals surface area contributed by atoms with Crippen LogP contribution in [-0.4, -0.2) is 24.6 Å². The van der Waals surface area contributed by atoms with Gasteiger partial charge >= 0.3 is 0 Å². The Morgan fingerprint density at radius 3 is 2.91 bits per heavy atom. The molecule has 4 rings (SSSR count). The highest BCUT2D eigenvalue weighted by atomic mass is 16.3. The Bertz CT molecular complexity index is 927. The highest BCUT2D eigenvalue weighted by Gasteiger charge is 2.07. The molecule has 4 aromatic rings. The molecule has 0 fully saturated rings. The van der Waals surface area contributed by atoms with Crippen LogP contribution in [0.5, 0.6) is 0 Å². The van der Waals surface area contributed by atoms with E-state index in [9.17, 15) is 0 Å². The van der Waals surface area contributed by atoms with E-state index in [2.05, 4.69) is 25.5 Å². The SMILES string of the molecule is Cc1nnc2c(NCc3ccc(-c4ccoc4)nc3)nccn12. The molecular formula is C16H14N6O. The van der Waals surface area contributed by atoms with Gasteiger partial charge in [-0.25, -0.2) is 4.98 Å². The fourth-order valence-corrected chi connectivity index (χ4v) is 2.36. The Kier molecular flexibility index (Phi) is 3.23. The predicted molar refractivity (Wildman–Crippen MR) is 84.8 cm³/mol. The van der Waals surface area contributed by atoms with Gasteiger partial charge in [-0.3, -0.25) is 9.38 Å². The van der Waals surface area contributed by atoms with Gasteiger partial charge in [0.1, 0.15) is 5.82 Å². The Hall–Kier alpha value is -3.22. The van der Waals surface area contributed by atoms with Gasteiger partial charge in [-0.15, -0.1) is 10.2 Å². The smallest absolute Gasteiger partial charge is 0.203 e. The number of nitrogens with zero attached hydrogens (tertiary/aromatic N) is 5. The van der Waals surface area contributed by atoms with Gasteiger partial charge in [0.2, 0.25) is 5.65 Å². The summed E-state index contributed by atoms with van der Waals surface area (Å²) >= 11 is 0. The third-order valence-corrected chi connectivity index (χ3v) is 3.60. The van der Waals surface area contributed by atoms with Crippen molar-refractivity contribution in [1.82, 2.24) is 24.6 Å². The number of hydrogen-bond donors (Lipinski definition) is 1. The molecule has 0 aliphatic heterocycles. The molecule has 0 saturated carbocycles. The maximum Gasteiger partial charge on any atom is 0.203 e. The monoisotopic (exact) mass is 306 g/mol. The molecule has 4 heterocycles. The normalized spacial score (nSPS) is 11.0. The lowest BCUT2D eigenvalue weighted by molar-refractivity contribution is 0.568. The first kappa shape index (κ1) is 13.4. The lowest BCUT2D eigenvalue weighted by atomic mass is 10.2. The lowest BCUT2D eigenvalue weighted by Crippen LogP contribution is -2.04. The Labute approximate surface area is 132 Å². The van der Waals surface area contributed by atoms with E-state index >= 15 is 0 Å². The molecule has 23 heavy (non-hydrogen) atoms. The number of rotatable bonds is 4. The number of furan rings is 1. The first-order valence-corrected chi connectivity index (χ1v) is 7.19. The number of aryl methyl sites for hydroxylation is 1. The third-order valence-electron chi connectivity index (χ3n) is 3.60. The second-order valence-electron chi connectivity index (χ2n) is 5.13. The quantitative estimate of drug-likeness (QED) is 0.624. The van der Waals surface area contributed by atoms with Crippen molar-refractivity contribution in [3.8, 4) is 11.3 Å². The van der Waals surface area contributed by atoms with E-state index in [1.54, 1.807) is 18.7 Å². The van der Waals surface area contributed by atoms with Gasteiger partial charge in [0.15, 0.2) is 5.82 Å². The molecule has 4 aromatic heterocycles. The summed E-state index contributed by atoms with van der Waals surface area (Å²) in [5, 5.41) is 11.5. The number of pyridine rings is 1. The van der Waals surface area contributed by atoms with E-state index in [0.29, 0.717) is 18.0 Å².